The average molecular weight is 171 g/mol. The van der Waals surface area contributed by atoms with Gasteiger partial charge in [-0.2, -0.15) is 0 Å². The third kappa shape index (κ3) is 5.89. The molecule has 0 aromatic carbocycles. The molecule has 0 aliphatic rings. The number of rotatable bonds is 6. The molecule has 1 unspecified atom stereocenters. The Balaban J connectivity index is 3.31. The summed E-state index contributed by atoms with van der Waals surface area (Å²) in [6, 6.07) is 0. The lowest BCUT2D eigenvalue weighted by Gasteiger charge is -2.10. The summed E-state index contributed by atoms with van der Waals surface area (Å²) in [5.74, 6) is -1.23. The maximum atomic E-state index is 10.5. The number of aliphatic carboxylic acids is 1. The molecule has 0 radical (unpaired) electrons. The Morgan fingerprint density at radius 3 is 2.33 bits per heavy atom. The third-order valence-corrected chi connectivity index (χ3v) is 1.82. The van der Waals surface area contributed by atoms with Crippen molar-refractivity contribution in [1.82, 2.24) is 0 Å². The Morgan fingerprint density at radius 2 is 1.92 bits per heavy atom. The second-order valence-electron chi connectivity index (χ2n) is 3.17. The predicted molar refractivity (Wildman–Crippen MR) is 43.3 cm³/mol. The van der Waals surface area contributed by atoms with E-state index in [1.165, 1.54) is 0 Å². The second-order valence-corrected chi connectivity index (χ2v) is 3.17. The summed E-state index contributed by atoms with van der Waals surface area (Å²) in [4.78, 5) is 20.7. The van der Waals surface area contributed by atoms with E-state index in [0.29, 0.717) is 12.8 Å². The van der Waals surface area contributed by atoms with Crippen LogP contribution in [0.5, 0.6) is 0 Å². The molecule has 0 amide bonds. The first kappa shape index (κ1) is 11.1. The van der Waals surface area contributed by atoms with Gasteiger partial charge in [-0.15, -0.1) is 0 Å². The molecule has 0 rings (SSSR count). The van der Waals surface area contributed by atoms with Crippen LogP contribution in [0.25, 0.3) is 0 Å². The Morgan fingerprint density at radius 1 is 1.33 bits per heavy atom. The van der Waals surface area contributed by atoms with E-state index in [9.17, 15) is 14.7 Å². The van der Waals surface area contributed by atoms with Gasteiger partial charge in [-0.1, -0.05) is 13.3 Å². The highest BCUT2D eigenvalue weighted by Crippen LogP contribution is 2.08. The van der Waals surface area contributed by atoms with Crippen molar-refractivity contribution in [3.05, 3.63) is 0 Å². The number of carbonyl (C=O) groups is 2. The van der Waals surface area contributed by atoms with Crippen molar-refractivity contribution in [2.75, 3.05) is 0 Å². The Bertz CT molecular complexity index is 163. The molecule has 0 bridgehead atoms. The van der Waals surface area contributed by atoms with Gasteiger partial charge < -0.3 is 14.7 Å². The number of hydrogen-bond donors (Lipinski definition) is 0. The van der Waals surface area contributed by atoms with Crippen LogP contribution in [0.2, 0.25) is 0 Å². The first-order valence-electron chi connectivity index (χ1n) is 4.24. The quantitative estimate of drug-likeness (QED) is 0.547. The molecular formula is C9H15O3-. The number of hydrogen-bond acceptors (Lipinski definition) is 3. The fourth-order valence-corrected chi connectivity index (χ4v) is 0.942. The number of Topliss-reactive ketones (excluding diaryl/α,β-unsaturated/α-hetero) is 1. The van der Waals surface area contributed by atoms with E-state index in [-0.39, 0.29) is 5.78 Å². The fourth-order valence-electron chi connectivity index (χ4n) is 0.942. The van der Waals surface area contributed by atoms with Crippen LogP contribution in [0.1, 0.15) is 39.5 Å². The second kappa shape index (κ2) is 5.75. The minimum atomic E-state index is -1.00. The maximum Gasteiger partial charge on any atom is 0.129 e. The number of ketones is 1. The van der Waals surface area contributed by atoms with Gasteiger partial charge in [-0.3, -0.25) is 0 Å². The van der Waals surface area contributed by atoms with Gasteiger partial charge in [0.25, 0.3) is 0 Å². The van der Waals surface area contributed by atoms with Crippen molar-refractivity contribution in [2.24, 2.45) is 5.92 Å². The summed E-state index contributed by atoms with van der Waals surface area (Å²) in [7, 11) is 0. The van der Waals surface area contributed by atoms with E-state index in [0.717, 1.165) is 12.8 Å². The summed E-state index contributed by atoms with van der Waals surface area (Å²) in [5.41, 5.74) is 0. The normalized spacial score (nSPS) is 12.5. The SMILES string of the molecule is CC(=O)CCCCC(C)C(=O)[O-]. The molecule has 0 N–H and O–H groups in total. The summed E-state index contributed by atoms with van der Waals surface area (Å²) < 4.78 is 0. The minimum absolute atomic E-state index is 0.163. The van der Waals surface area contributed by atoms with E-state index in [1.807, 2.05) is 0 Å². The van der Waals surface area contributed by atoms with E-state index < -0.39 is 11.9 Å². The molecule has 0 aliphatic heterocycles. The van der Waals surface area contributed by atoms with Gasteiger partial charge in [0.05, 0.1) is 0 Å². The van der Waals surface area contributed by atoms with Gasteiger partial charge in [0.1, 0.15) is 5.78 Å². The Hall–Kier alpha value is -0.860. The smallest absolute Gasteiger partial charge is 0.129 e. The molecule has 0 aromatic rings. The molecular weight excluding hydrogens is 156 g/mol. The highest BCUT2D eigenvalue weighted by Gasteiger charge is 2.02. The topological polar surface area (TPSA) is 57.2 Å². The molecule has 0 heterocycles. The van der Waals surface area contributed by atoms with Crippen LogP contribution in [0.3, 0.4) is 0 Å². The predicted octanol–water partition coefficient (Wildman–Crippen LogP) is 0.522. The summed E-state index contributed by atoms with van der Waals surface area (Å²) >= 11 is 0. The molecule has 0 aliphatic carbocycles. The maximum absolute atomic E-state index is 10.5. The number of unbranched alkanes of at least 4 members (excludes halogenated alkanes) is 1. The highest BCUT2D eigenvalue weighted by atomic mass is 16.4. The van der Waals surface area contributed by atoms with Crippen LogP contribution in [0.4, 0.5) is 0 Å². The van der Waals surface area contributed by atoms with Crippen molar-refractivity contribution in [1.29, 1.82) is 0 Å². The zero-order valence-electron chi connectivity index (χ0n) is 7.63. The third-order valence-electron chi connectivity index (χ3n) is 1.82. The van der Waals surface area contributed by atoms with Gasteiger partial charge in [-0.05, 0) is 25.7 Å². The lowest BCUT2D eigenvalue weighted by Crippen LogP contribution is -2.29. The van der Waals surface area contributed by atoms with Gasteiger partial charge in [-0.25, -0.2) is 0 Å². The van der Waals surface area contributed by atoms with Crippen LogP contribution in [0.15, 0.2) is 0 Å². The van der Waals surface area contributed by atoms with Crippen LogP contribution in [-0.2, 0) is 9.59 Å². The molecule has 1 atom stereocenters. The molecule has 70 valence electrons. The van der Waals surface area contributed by atoms with Gasteiger partial charge in [0, 0.05) is 12.4 Å². The monoisotopic (exact) mass is 171 g/mol. The molecule has 0 saturated carbocycles. The standard InChI is InChI=1S/C9H16O3/c1-7(9(11)12)5-3-4-6-8(2)10/h7H,3-6H2,1-2H3,(H,11,12)/p-1. The van der Waals surface area contributed by atoms with E-state index >= 15 is 0 Å². The molecule has 12 heavy (non-hydrogen) atoms. The van der Waals surface area contributed by atoms with Crippen molar-refractivity contribution in [3.63, 3.8) is 0 Å². The average Bonchev–Trinajstić information content (AvgIpc) is 1.97. The van der Waals surface area contributed by atoms with Crippen LogP contribution in [-0.4, -0.2) is 11.8 Å². The summed E-state index contributed by atoms with van der Waals surface area (Å²) in [6.45, 7) is 3.17. The Kier molecular flexibility index (Phi) is 5.34. The first-order chi connectivity index (χ1) is 5.54. The summed E-state index contributed by atoms with van der Waals surface area (Å²) in [6.07, 6.45) is 2.73. The molecule has 0 saturated heterocycles. The van der Waals surface area contributed by atoms with Gasteiger partial charge in [0.15, 0.2) is 0 Å². The molecule has 0 spiro atoms. The lowest BCUT2D eigenvalue weighted by molar-refractivity contribution is -0.311. The number of carboxylic acids is 1. The van der Waals surface area contributed by atoms with E-state index in [4.69, 9.17) is 0 Å². The van der Waals surface area contributed by atoms with Crippen molar-refractivity contribution >= 4 is 11.8 Å². The van der Waals surface area contributed by atoms with Crippen LogP contribution in [0, 0.1) is 5.92 Å². The summed E-state index contributed by atoms with van der Waals surface area (Å²) in [5, 5.41) is 10.2. The molecule has 0 aromatic heterocycles. The minimum Gasteiger partial charge on any atom is -0.550 e. The van der Waals surface area contributed by atoms with E-state index in [1.54, 1.807) is 13.8 Å². The largest absolute Gasteiger partial charge is 0.550 e. The highest BCUT2D eigenvalue weighted by molar-refractivity contribution is 5.75. The zero-order chi connectivity index (χ0) is 9.56. The zero-order valence-corrected chi connectivity index (χ0v) is 7.63. The lowest BCUT2D eigenvalue weighted by atomic mass is 10.0. The van der Waals surface area contributed by atoms with Gasteiger partial charge in [0.2, 0.25) is 0 Å². The molecule has 3 heteroatoms. The number of carbonyl (C=O) groups excluding carboxylic acids is 2. The Labute approximate surface area is 72.8 Å². The van der Waals surface area contributed by atoms with E-state index in [2.05, 4.69) is 0 Å². The van der Waals surface area contributed by atoms with Crippen molar-refractivity contribution in [2.45, 2.75) is 39.5 Å². The van der Waals surface area contributed by atoms with Crippen LogP contribution < -0.4 is 5.11 Å². The molecule has 3 nitrogen and oxygen atoms in total. The van der Waals surface area contributed by atoms with Crippen LogP contribution >= 0.6 is 0 Å². The van der Waals surface area contributed by atoms with Gasteiger partial charge >= 0.3 is 0 Å². The fraction of sp³-hybridized carbons (Fsp3) is 0.778. The van der Waals surface area contributed by atoms with Crippen molar-refractivity contribution < 1.29 is 14.7 Å². The molecule has 0 fully saturated rings. The van der Waals surface area contributed by atoms with Crippen molar-refractivity contribution in [3.8, 4) is 0 Å². The first-order valence-corrected chi connectivity index (χ1v) is 4.24. The number of carboxylic acid groups (broad SMARTS) is 1.